The van der Waals surface area contributed by atoms with Crippen molar-refractivity contribution in [2.45, 2.75) is 49.9 Å². The molecule has 0 saturated carbocycles. The number of aliphatic hydroxyl groups is 1. The second-order valence-corrected chi connectivity index (χ2v) is 6.76. The zero-order valence-corrected chi connectivity index (χ0v) is 13.8. The molecule has 0 unspecified atom stereocenters. The van der Waals surface area contributed by atoms with Gasteiger partial charge in [0, 0.05) is 5.92 Å². The van der Waals surface area contributed by atoms with E-state index in [1.807, 2.05) is 12.2 Å². The van der Waals surface area contributed by atoms with E-state index in [2.05, 4.69) is 27.7 Å². The third kappa shape index (κ3) is 2.18. The summed E-state index contributed by atoms with van der Waals surface area (Å²) in [4.78, 5) is 28.5. The molecule has 23 heavy (non-hydrogen) atoms. The highest BCUT2D eigenvalue weighted by molar-refractivity contribution is 7.78. The summed E-state index contributed by atoms with van der Waals surface area (Å²) in [5, 5.41) is 15.9. The van der Waals surface area contributed by atoms with Crippen LogP contribution in [0.2, 0.25) is 0 Å². The number of allylic oxidation sites excluding steroid dienone is 1. The summed E-state index contributed by atoms with van der Waals surface area (Å²) in [6, 6.07) is 0. The average molecular weight is 336 g/mol. The Bertz CT molecular complexity index is 615. The van der Waals surface area contributed by atoms with Gasteiger partial charge in [-0.1, -0.05) is 12.2 Å². The van der Waals surface area contributed by atoms with Gasteiger partial charge in [0.05, 0.1) is 23.7 Å². The smallest absolute Gasteiger partial charge is 0.339 e. The molecule has 1 amide bonds. The Balaban J connectivity index is 1.89. The average Bonchev–Trinajstić information content (AvgIpc) is 2.72. The molecule has 1 aliphatic carbocycles. The van der Waals surface area contributed by atoms with E-state index in [1.54, 1.807) is 6.92 Å². The number of hydrogen-bond acceptors (Lipinski definition) is 6. The van der Waals surface area contributed by atoms with Crippen LogP contribution < -0.4 is 5.32 Å². The van der Waals surface area contributed by atoms with Crippen molar-refractivity contribution in [3.05, 3.63) is 12.2 Å². The van der Waals surface area contributed by atoms with E-state index in [1.165, 1.54) is 0 Å². The lowest BCUT2D eigenvalue weighted by Crippen LogP contribution is -2.80. The summed E-state index contributed by atoms with van der Waals surface area (Å²) in [5.74, 6) is -1.54. The Morgan fingerprint density at radius 2 is 2.39 bits per heavy atom. The first kappa shape index (κ1) is 16.3. The quantitative estimate of drug-likeness (QED) is 0.338. The number of fused-ring (bicyclic) bond motifs is 1. The molecule has 7 heteroatoms. The zero-order valence-electron chi connectivity index (χ0n) is 12.9. The highest BCUT2D eigenvalue weighted by atomic mass is 32.1. The number of nitrogens with zero attached hydrogens (tertiary/aromatic N) is 1. The van der Waals surface area contributed by atoms with Gasteiger partial charge in [-0.25, -0.2) is 9.79 Å². The van der Waals surface area contributed by atoms with Crippen molar-refractivity contribution in [1.82, 2.24) is 5.32 Å². The lowest BCUT2D eigenvalue weighted by molar-refractivity contribution is -0.238. The van der Waals surface area contributed by atoms with Crippen molar-refractivity contribution in [3.8, 4) is 0 Å². The second kappa shape index (κ2) is 5.82. The van der Waals surface area contributed by atoms with E-state index in [0.717, 1.165) is 19.3 Å². The molecular formula is C16H20N2O4S. The van der Waals surface area contributed by atoms with Crippen LogP contribution in [-0.2, 0) is 14.3 Å². The zero-order chi connectivity index (χ0) is 16.7. The van der Waals surface area contributed by atoms with Gasteiger partial charge in [-0.2, -0.15) is 0 Å². The molecule has 2 fully saturated rings. The molecular weight excluding hydrogens is 316 g/mol. The van der Waals surface area contributed by atoms with Crippen LogP contribution in [0.5, 0.6) is 0 Å². The number of isothiocyanates is 1. The normalized spacial score (nSPS) is 39.6. The first-order valence-electron chi connectivity index (χ1n) is 7.91. The first-order valence-corrected chi connectivity index (χ1v) is 8.32. The van der Waals surface area contributed by atoms with Gasteiger partial charge in [-0.3, -0.25) is 4.79 Å². The Morgan fingerprint density at radius 1 is 1.61 bits per heavy atom. The standard InChI is InChI=1S/C16H20N2O4S/c1-15-11(7-8-17-9-23)13(20)18-16(15,14(21)22-15)12(19)10-5-3-2-4-6-10/h3,5,10-12,19H,2,4,6-8H2,1H3,(H,18,20)/t10-,11+,12+,15+,16+/m1/s1. The predicted molar refractivity (Wildman–Crippen MR) is 85.9 cm³/mol. The number of nitrogens with one attached hydrogen (secondary N) is 1. The molecule has 0 bridgehead atoms. The molecule has 2 N–H and O–H groups in total. The molecule has 0 aromatic rings. The Kier molecular flexibility index (Phi) is 4.12. The van der Waals surface area contributed by atoms with Crippen molar-refractivity contribution in [1.29, 1.82) is 0 Å². The van der Waals surface area contributed by atoms with E-state index < -0.39 is 29.1 Å². The maximum Gasteiger partial charge on any atom is 0.339 e. The molecule has 0 spiro atoms. The van der Waals surface area contributed by atoms with Crippen LogP contribution in [0, 0.1) is 11.8 Å². The fourth-order valence-corrected chi connectivity index (χ4v) is 4.21. The molecule has 3 aliphatic rings. The summed E-state index contributed by atoms with van der Waals surface area (Å²) in [5.41, 5.74) is -2.41. The molecule has 2 saturated heterocycles. The number of carbonyl (C=O) groups excluding carboxylic acids is 2. The maximum atomic E-state index is 12.4. The molecule has 0 aromatic heterocycles. The highest BCUT2D eigenvalue weighted by Gasteiger charge is 2.79. The number of hydrogen-bond donors (Lipinski definition) is 2. The largest absolute Gasteiger partial charge is 0.453 e. The number of thiocarbonyl (C=S) groups is 1. The third-order valence-electron chi connectivity index (χ3n) is 5.45. The summed E-state index contributed by atoms with van der Waals surface area (Å²) >= 11 is 4.53. The Hall–Kier alpha value is -1.56. The van der Waals surface area contributed by atoms with Crippen molar-refractivity contribution in [2.24, 2.45) is 16.8 Å². The van der Waals surface area contributed by atoms with Crippen LogP contribution >= 0.6 is 12.2 Å². The van der Waals surface area contributed by atoms with Gasteiger partial charge in [0.25, 0.3) is 0 Å². The van der Waals surface area contributed by atoms with Gasteiger partial charge in [-0.15, -0.1) is 0 Å². The number of amides is 1. The van der Waals surface area contributed by atoms with Crippen LogP contribution in [0.25, 0.3) is 0 Å². The van der Waals surface area contributed by atoms with E-state index >= 15 is 0 Å². The Morgan fingerprint density at radius 3 is 3.00 bits per heavy atom. The Labute approximate surface area is 140 Å². The molecule has 3 rings (SSSR count). The maximum absolute atomic E-state index is 12.4. The number of esters is 1. The fraction of sp³-hybridized carbons (Fsp3) is 0.688. The fourth-order valence-electron chi connectivity index (χ4n) is 4.12. The SMILES string of the molecule is C[C@@]12OC(=O)[C@]1([C@@H](O)[C@@H]1C=CCCC1)NC(=O)[C@@H]2CCN=C=S. The topological polar surface area (TPSA) is 88.0 Å². The number of carbonyl (C=O) groups is 2. The predicted octanol–water partition coefficient (Wildman–Crippen LogP) is 0.997. The number of aliphatic hydroxyl groups excluding tert-OH is 1. The van der Waals surface area contributed by atoms with Gasteiger partial charge >= 0.3 is 5.97 Å². The summed E-state index contributed by atoms with van der Waals surface area (Å²) in [7, 11) is 0. The lowest BCUT2D eigenvalue weighted by atomic mass is 9.64. The summed E-state index contributed by atoms with van der Waals surface area (Å²) in [6.07, 6.45) is 6.08. The molecule has 2 heterocycles. The number of aliphatic imine (C=N–C) groups is 1. The van der Waals surface area contributed by atoms with Gasteiger partial charge in [0.1, 0.15) is 0 Å². The first-order chi connectivity index (χ1) is 11.0. The van der Waals surface area contributed by atoms with Crippen molar-refractivity contribution >= 4 is 29.3 Å². The van der Waals surface area contributed by atoms with Gasteiger partial charge in [0.2, 0.25) is 11.4 Å². The van der Waals surface area contributed by atoms with Crippen molar-refractivity contribution in [3.63, 3.8) is 0 Å². The van der Waals surface area contributed by atoms with Gasteiger partial charge in [0.15, 0.2) is 5.60 Å². The monoisotopic (exact) mass is 336 g/mol. The summed E-state index contributed by atoms with van der Waals surface area (Å²) in [6.45, 7) is 2.05. The van der Waals surface area contributed by atoms with E-state index in [-0.39, 0.29) is 11.8 Å². The van der Waals surface area contributed by atoms with Gasteiger partial charge < -0.3 is 15.2 Å². The van der Waals surface area contributed by atoms with Crippen molar-refractivity contribution < 1.29 is 19.4 Å². The van der Waals surface area contributed by atoms with Crippen LogP contribution in [0.4, 0.5) is 0 Å². The van der Waals surface area contributed by atoms with E-state index in [0.29, 0.717) is 13.0 Å². The number of ether oxygens (including phenoxy) is 1. The molecule has 5 atom stereocenters. The van der Waals surface area contributed by atoms with Crippen LogP contribution in [0.15, 0.2) is 17.1 Å². The molecule has 0 radical (unpaired) electrons. The molecule has 2 aliphatic heterocycles. The number of rotatable bonds is 5. The minimum Gasteiger partial charge on any atom is -0.453 e. The highest BCUT2D eigenvalue weighted by Crippen LogP contribution is 2.53. The summed E-state index contributed by atoms with van der Waals surface area (Å²) < 4.78 is 5.39. The molecule has 124 valence electrons. The lowest BCUT2D eigenvalue weighted by Gasteiger charge is -2.54. The van der Waals surface area contributed by atoms with E-state index in [4.69, 9.17) is 4.74 Å². The van der Waals surface area contributed by atoms with Crippen LogP contribution in [-0.4, -0.2) is 45.9 Å². The minimum absolute atomic E-state index is 0.158. The molecule has 0 aromatic carbocycles. The van der Waals surface area contributed by atoms with Crippen molar-refractivity contribution in [2.75, 3.05) is 6.54 Å². The van der Waals surface area contributed by atoms with Crippen LogP contribution in [0.3, 0.4) is 0 Å². The minimum atomic E-state index is -1.36. The van der Waals surface area contributed by atoms with Gasteiger partial charge in [-0.05, 0) is 44.8 Å². The third-order valence-corrected chi connectivity index (χ3v) is 5.58. The second-order valence-electron chi connectivity index (χ2n) is 6.58. The van der Waals surface area contributed by atoms with E-state index in [9.17, 15) is 14.7 Å². The molecule has 6 nitrogen and oxygen atoms in total. The van der Waals surface area contributed by atoms with Crippen LogP contribution in [0.1, 0.15) is 32.6 Å².